The van der Waals surface area contributed by atoms with Crippen molar-refractivity contribution >= 4 is 5.91 Å². The van der Waals surface area contributed by atoms with E-state index in [1.807, 2.05) is 36.4 Å². The highest BCUT2D eigenvalue weighted by Gasteiger charge is 2.16. The maximum atomic E-state index is 11.6. The van der Waals surface area contributed by atoms with Crippen molar-refractivity contribution in [1.29, 1.82) is 0 Å². The fraction of sp³-hybridized carbons (Fsp3) is 0.133. The summed E-state index contributed by atoms with van der Waals surface area (Å²) in [5, 5.41) is 9.79. The number of hydrogen-bond acceptors (Lipinski definition) is 3. The number of carbonyl (C=O) groups is 1. The number of aliphatic hydroxyl groups excluding tert-OH is 1. The summed E-state index contributed by atoms with van der Waals surface area (Å²) in [6, 6.07) is 18.2. The topological polar surface area (TPSA) is 58.6 Å². The summed E-state index contributed by atoms with van der Waals surface area (Å²) < 4.78 is 0. The molecular weight excluding hydrogens is 242 g/mol. The quantitative estimate of drug-likeness (QED) is 0.805. The molecule has 0 saturated carbocycles. The Morgan fingerprint density at radius 2 is 1.63 bits per heavy atom. The van der Waals surface area contributed by atoms with Crippen LogP contribution in [0.3, 0.4) is 0 Å². The maximum Gasteiger partial charge on any atom is 0.276 e. The van der Waals surface area contributed by atoms with Crippen LogP contribution in [0.4, 0.5) is 0 Å². The van der Waals surface area contributed by atoms with Gasteiger partial charge >= 0.3 is 0 Å². The summed E-state index contributed by atoms with van der Waals surface area (Å²) in [5.74, 6) is -0.581. The van der Waals surface area contributed by atoms with Gasteiger partial charge in [0.15, 0.2) is 6.10 Å². The van der Waals surface area contributed by atoms with E-state index in [4.69, 9.17) is 4.84 Å². The van der Waals surface area contributed by atoms with Crippen molar-refractivity contribution in [2.75, 3.05) is 0 Å². The number of rotatable bonds is 5. The number of nitrogens with one attached hydrogen (secondary N) is 1. The van der Waals surface area contributed by atoms with Gasteiger partial charge in [0.1, 0.15) is 0 Å². The molecule has 0 aromatic heterocycles. The third kappa shape index (κ3) is 3.91. The third-order valence-electron chi connectivity index (χ3n) is 2.62. The van der Waals surface area contributed by atoms with E-state index >= 15 is 0 Å². The van der Waals surface area contributed by atoms with Crippen LogP contribution >= 0.6 is 0 Å². The van der Waals surface area contributed by atoms with Crippen LogP contribution in [-0.2, 0) is 16.2 Å². The van der Waals surface area contributed by atoms with E-state index in [-0.39, 0.29) is 6.61 Å². The minimum Gasteiger partial charge on any atom is -0.378 e. The van der Waals surface area contributed by atoms with Crippen LogP contribution < -0.4 is 5.48 Å². The Morgan fingerprint density at radius 1 is 1.05 bits per heavy atom. The zero-order chi connectivity index (χ0) is 13.5. The van der Waals surface area contributed by atoms with Crippen LogP contribution in [-0.4, -0.2) is 11.0 Å². The zero-order valence-electron chi connectivity index (χ0n) is 10.3. The van der Waals surface area contributed by atoms with Crippen molar-refractivity contribution in [1.82, 2.24) is 5.48 Å². The van der Waals surface area contributed by atoms with Gasteiger partial charge in [0.25, 0.3) is 5.91 Å². The second kappa shape index (κ2) is 6.68. The summed E-state index contributed by atoms with van der Waals surface area (Å²) in [5.41, 5.74) is 3.71. The van der Waals surface area contributed by atoms with Crippen molar-refractivity contribution in [3.8, 4) is 0 Å². The van der Waals surface area contributed by atoms with E-state index in [1.54, 1.807) is 24.3 Å². The SMILES string of the molecule is O=C(NOCc1ccccc1)C(O)c1ccccc1. The summed E-state index contributed by atoms with van der Waals surface area (Å²) >= 11 is 0. The molecule has 2 N–H and O–H groups in total. The lowest BCUT2D eigenvalue weighted by Crippen LogP contribution is -2.29. The van der Waals surface area contributed by atoms with Gasteiger partial charge < -0.3 is 5.11 Å². The van der Waals surface area contributed by atoms with Gasteiger partial charge in [-0.15, -0.1) is 0 Å². The average molecular weight is 257 g/mol. The fourth-order valence-corrected chi connectivity index (χ4v) is 1.61. The number of aliphatic hydroxyl groups is 1. The van der Waals surface area contributed by atoms with Gasteiger partial charge in [-0.25, -0.2) is 5.48 Å². The summed E-state index contributed by atoms with van der Waals surface area (Å²) in [6.45, 7) is 0.258. The first-order chi connectivity index (χ1) is 9.27. The molecule has 4 heteroatoms. The number of amides is 1. The molecule has 4 nitrogen and oxygen atoms in total. The molecule has 0 bridgehead atoms. The number of hydrogen-bond donors (Lipinski definition) is 2. The van der Waals surface area contributed by atoms with E-state index in [1.165, 1.54) is 0 Å². The standard InChI is InChI=1S/C15H15NO3/c17-14(13-9-5-2-6-10-13)15(18)16-19-11-12-7-3-1-4-8-12/h1-10,14,17H,11H2,(H,16,18). The number of benzene rings is 2. The predicted molar refractivity (Wildman–Crippen MR) is 70.8 cm³/mol. The lowest BCUT2D eigenvalue weighted by molar-refractivity contribution is -0.143. The number of carbonyl (C=O) groups excluding carboxylic acids is 1. The molecule has 0 aliphatic heterocycles. The molecule has 1 unspecified atom stereocenters. The largest absolute Gasteiger partial charge is 0.378 e. The second-order valence-corrected chi connectivity index (χ2v) is 4.05. The Morgan fingerprint density at radius 3 is 2.26 bits per heavy atom. The lowest BCUT2D eigenvalue weighted by atomic mass is 10.1. The molecule has 0 fully saturated rings. The Hall–Kier alpha value is -2.17. The number of hydroxylamine groups is 1. The monoisotopic (exact) mass is 257 g/mol. The first kappa shape index (κ1) is 13.3. The Balaban J connectivity index is 1.82. The van der Waals surface area contributed by atoms with Crippen molar-refractivity contribution in [2.24, 2.45) is 0 Å². The van der Waals surface area contributed by atoms with Crippen LogP contribution in [0.5, 0.6) is 0 Å². The highest BCUT2D eigenvalue weighted by Crippen LogP contribution is 2.11. The second-order valence-electron chi connectivity index (χ2n) is 4.05. The fourth-order valence-electron chi connectivity index (χ4n) is 1.61. The van der Waals surface area contributed by atoms with Crippen LogP contribution in [0.1, 0.15) is 17.2 Å². The van der Waals surface area contributed by atoms with Crippen molar-refractivity contribution in [3.05, 3.63) is 71.8 Å². The molecule has 19 heavy (non-hydrogen) atoms. The van der Waals surface area contributed by atoms with Gasteiger partial charge in [0.2, 0.25) is 0 Å². The molecule has 2 rings (SSSR count). The smallest absolute Gasteiger partial charge is 0.276 e. The first-order valence-electron chi connectivity index (χ1n) is 5.96. The molecule has 0 aliphatic rings. The predicted octanol–water partition coefficient (Wildman–Crippen LogP) is 1.97. The van der Waals surface area contributed by atoms with Gasteiger partial charge in [-0.3, -0.25) is 9.63 Å². The minimum absolute atomic E-state index is 0.258. The Bertz CT molecular complexity index is 513. The van der Waals surface area contributed by atoms with Crippen LogP contribution in [0.15, 0.2) is 60.7 Å². The molecule has 98 valence electrons. The molecule has 2 aromatic rings. The average Bonchev–Trinajstić information content (AvgIpc) is 2.48. The molecule has 0 heterocycles. The molecular formula is C15H15NO3. The van der Waals surface area contributed by atoms with E-state index in [0.29, 0.717) is 5.56 Å². The van der Waals surface area contributed by atoms with Gasteiger partial charge in [-0.05, 0) is 11.1 Å². The molecule has 1 atom stereocenters. The van der Waals surface area contributed by atoms with Crippen molar-refractivity contribution in [3.63, 3.8) is 0 Å². The Kier molecular flexibility index (Phi) is 4.66. The van der Waals surface area contributed by atoms with Crippen molar-refractivity contribution in [2.45, 2.75) is 12.7 Å². The summed E-state index contributed by atoms with van der Waals surface area (Å²) in [6.07, 6.45) is -1.23. The van der Waals surface area contributed by atoms with Crippen LogP contribution in [0, 0.1) is 0 Å². The van der Waals surface area contributed by atoms with E-state index < -0.39 is 12.0 Å². The molecule has 2 aromatic carbocycles. The lowest BCUT2D eigenvalue weighted by Gasteiger charge is -2.11. The summed E-state index contributed by atoms with van der Waals surface area (Å²) in [7, 11) is 0. The normalized spacial score (nSPS) is 11.8. The molecule has 0 saturated heterocycles. The maximum absolute atomic E-state index is 11.6. The van der Waals surface area contributed by atoms with Crippen LogP contribution in [0.2, 0.25) is 0 Å². The molecule has 0 spiro atoms. The van der Waals surface area contributed by atoms with Crippen LogP contribution in [0.25, 0.3) is 0 Å². The molecule has 0 aliphatic carbocycles. The Labute approximate surface area is 111 Å². The van der Waals surface area contributed by atoms with Crippen molar-refractivity contribution < 1.29 is 14.7 Å². The van der Waals surface area contributed by atoms with E-state index in [2.05, 4.69) is 5.48 Å². The molecule has 1 amide bonds. The van der Waals surface area contributed by atoms with E-state index in [0.717, 1.165) is 5.56 Å². The highest BCUT2D eigenvalue weighted by atomic mass is 16.7. The first-order valence-corrected chi connectivity index (χ1v) is 5.96. The third-order valence-corrected chi connectivity index (χ3v) is 2.62. The highest BCUT2D eigenvalue weighted by molar-refractivity contribution is 5.80. The van der Waals surface area contributed by atoms with Gasteiger partial charge in [-0.1, -0.05) is 60.7 Å². The minimum atomic E-state index is -1.23. The van der Waals surface area contributed by atoms with Gasteiger partial charge in [0.05, 0.1) is 6.61 Å². The zero-order valence-corrected chi connectivity index (χ0v) is 10.3. The van der Waals surface area contributed by atoms with E-state index in [9.17, 15) is 9.90 Å². The van der Waals surface area contributed by atoms with Gasteiger partial charge in [-0.2, -0.15) is 0 Å². The summed E-state index contributed by atoms with van der Waals surface area (Å²) in [4.78, 5) is 16.7. The molecule has 0 radical (unpaired) electrons. The van der Waals surface area contributed by atoms with Gasteiger partial charge in [0, 0.05) is 0 Å².